The van der Waals surface area contributed by atoms with Crippen molar-refractivity contribution in [2.45, 2.75) is 26.2 Å². The predicted molar refractivity (Wildman–Crippen MR) is 96.8 cm³/mol. The minimum absolute atomic E-state index is 0.173. The SMILES string of the molecule is CCOc1ccc(CC(CN)c2ccc3c(c2)OCO3)c(OCC)c1. The smallest absolute Gasteiger partial charge is 0.231 e. The van der Waals surface area contributed by atoms with E-state index in [1.165, 1.54) is 0 Å². The van der Waals surface area contributed by atoms with Crippen LogP contribution in [0.2, 0.25) is 0 Å². The van der Waals surface area contributed by atoms with Gasteiger partial charge in [0.1, 0.15) is 11.5 Å². The summed E-state index contributed by atoms with van der Waals surface area (Å²) in [5.41, 5.74) is 8.33. The summed E-state index contributed by atoms with van der Waals surface area (Å²) in [7, 11) is 0. The number of hydrogen-bond acceptors (Lipinski definition) is 5. The van der Waals surface area contributed by atoms with Gasteiger partial charge in [-0.15, -0.1) is 0 Å². The predicted octanol–water partition coefficient (Wildman–Crippen LogP) is 3.50. The molecule has 1 atom stereocenters. The first-order valence-corrected chi connectivity index (χ1v) is 8.73. The Morgan fingerprint density at radius 3 is 2.56 bits per heavy atom. The second-order valence-corrected chi connectivity index (χ2v) is 5.89. The third-order valence-corrected chi connectivity index (χ3v) is 4.27. The lowest BCUT2D eigenvalue weighted by molar-refractivity contribution is 0.174. The van der Waals surface area contributed by atoms with Crippen molar-refractivity contribution in [2.24, 2.45) is 5.73 Å². The fourth-order valence-electron chi connectivity index (χ4n) is 3.02. The number of fused-ring (bicyclic) bond motifs is 1. The molecule has 0 radical (unpaired) electrons. The molecule has 5 heteroatoms. The zero-order chi connectivity index (χ0) is 17.6. The van der Waals surface area contributed by atoms with Crippen LogP contribution in [0.5, 0.6) is 23.0 Å². The Hall–Kier alpha value is -2.40. The van der Waals surface area contributed by atoms with E-state index in [2.05, 4.69) is 12.1 Å². The van der Waals surface area contributed by atoms with Crippen LogP contribution >= 0.6 is 0 Å². The molecular formula is C20H25NO4. The summed E-state index contributed by atoms with van der Waals surface area (Å²) in [6.07, 6.45) is 0.790. The monoisotopic (exact) mass is 343 g/mol. The maximum atomic E-state index is 6.06. The highest BCUT2D eigenvalue weighted by Gasteiger charge is 2.19. The van der Waals surface area contributed by atoms with Gasteiger partial charge < -0.3 is 24.7 Å². The molecule has 2 aromatic carbocycles. The van der Waals surface area contributed by atoms with Gasteiger partial charge in [0.25, 0.3) is 0 Å². The van der Waals surface area contributed by atoms with Gasteiger partial charge in [-0.25, -0.2) is 0 Å². The summed E-state index contributed by atoms with van der Waals surface area (Å²) in [5.74, 6) is 3.42. The van der Waals surface area contributed by atoms with E-state index < -0.39 is 0 Å². The Bertz CT molecular complexity index is 717. The maximum Gasteiger partial charge on any atom is 0.231 e. The van der Waals surface area contributed by atoms with Gasteiger partial charge in [-0.1, -0.05) is 12.1 Å². The Labute approximate surface area is 148 Å². The number of nitrogens with two attached hydrogens (primary N) is 1. The third-order valence-electron chi connectivity index (χ3n) is 4.27. The Morgan fingerprint density at radius 1 is 1.00 bits per heavy atom. The maximum absolute atomic E-state index is 6.06. The Balaban J connectivity index is 1.83. The highest BCUT2D eigenvalue weighted by atomic mass is 16.7. The van der Waals surface area contributed by atoms with E-state index in [1.54, 1.807) is 0 Å². The van der Waals surface area contributed by atoms with Crippen molar-refractivity contribution in [3.05, 3.63) is 47.5 Å². The lowest BCUT2D eigenvalue weighted by Gasteiger charge is -2.19. The Kier molecular flexibility index (Phi) is 5.66. The Morgan fingerprint density at radius 2 is 1.80 bits per heavy atom. The van der Waals surface area contributed by atoms with Crippen molar-refractivity contribution in [2.75, 3.05) is 26.6 Å². The van der Waals surface area contributed by atoms with E-state index in [0.717, 1.165) is 40.5 Å². The highest BCUT2D eigenvalue weighted by molar-refractivity contribution is 5.47. The lowest BCUT2D eigenvalue weighted by atomic mass is 9.91. The molecule has 3 rings (SSSR count). The van der Waals surface area contributed by atoms with Crippen molar-refractivity contribution < 1.29 is 18.9 Å². The minimum atomic E-state index is 0.173. The van der Waals surface area contributed by atoms with E-state index in [9.17, 15) is 0 Å². The average Bonchev–Trinajstić information content (AvgIpc) is 3.09. The van der Waals surface area contributed by atoms with Crippen LogP contribution in [0.3, 0.4) is 0 Å². The molecule has 0 saturated heterocycles. The number of ether oxygens (including phenoxy) is 4. The first-order valence-electron chi connectivity index (χ1n) is 8.73. The highest BCUT2D eigenvalue weighted by Crippen LogP contribution is 2.36. The van der Waals surface area contributed by atoms with Crippen LogP contribution in [0, 0.1) is 0 Å². The number of rotatable bonds is 8. The van der Waals surface area contributed by atoms with Crippen molar-refractivity contribution in [3.63, 3.8) is 0 Å². The van der Waals surface area contributed by atoms with E-state index in [4.69, 9.17) is 24.7 Å². The molecule has 1 unspecified atom stereocenters. The van der Waals surface area contributed by atoms with Crippen LogP contribution in [0.4, 0.5) is 0 Å². The van der Waals surface area contributed by atoms with Crippen LogP contribution in [0.1, 0.15) is 30.9 Å². The summed E-state index contributed by atoms with van der Waals surface area (Å²) in [5, 5.41) is 0. The second kappa shape index (κ2) is 8.12. The van der Waals surface area contributed by atoms with Gasteiger partial charge in [0.05, 0.1) is 13.2 Å². The van der Waals surface area contributed by atoms with Crippen LogP contribution in [-0.4, -0.2) is 26.6 Å². The fraction of sp³-hybridized carbons (Fsp3) is 0.400. The van der Waals surface area contributed by atoms with Crippen LogP contribution < -0.4 is 24.7 Å². The number of hydrogen-bond donors (Lipinski definition) is 1. The first kappa shape index (κ1) is 17.4. The molecule has 0 aromatic heterocycles. The molecule has 134 valence electrons. The molecule has 1 aliphatic rings. The molecule has 0 saturated carbocycles. The summed E-state index contributed by atoms with van der Waals surface area (Å²) >= 11 is 0. The van der Waals surface area contributed by atoms with Gasteiger partial charge in [0.2, 0.25) is 6.79 Å². The molecule has 0 aliphatic carbocycles. The molecule has 0 bridgehead atoms. The van der Waals surface area contributed by atoms with Crippen molar-refractivity contribution in [1.82, 2.24) is 0 Å². The van der Waals surface area contributed by atoms with Crippen LogP contribution in [0.25, 0.3) is 0 Å². The fourth-order valence-corrected chi connectivity index (χ4v) is 3.02. The van der Waals surface area contributed by atoms with Gasteiger partial charge in [-0.2, -0.15) is 0 Å². The van der Waals surface area contributed by atoms with Gasteiger partial charge in [0, 0.05) is 12.0 Å². The molecule has 5 nitrogen and oxygen atoms in total. The van der Waals surface area contributed by atoms with E-state index in [0.29, 0.717) is 19.8 Å². The first-order chi connectivity index (χ1) is 12.2. The zero-order valence-electron chi connectivity index (χ0n) is 14.8. The van der Waals surface area contributed by atoms with Crippen molar-refractivity contribution >= 4 is 0 Å². The summed E-state index contributed by atoms with van der Waals surface area (Å²) < 4.78 is 22.3. The van der Waals surface area contributed by atoms with Crippen molar-refractivity contribution in [1.29, 1.82) is 0 Å². The molecule has 1 aliphatic heterocycles. The van der Waals surface area contributed by atoms with E-state index in [-0.39, 0.29) is 12.7 Å². The largest absolute Gasteiger partial charge is 0.494 e. The molecule has 25 heavy (non-hydrogen) atoms. The standard InChI is InChI=1S/C20H25NO4/c1-3-22-17-7-5-15(19(11-17)23-4-2)9-16(12-21)14-6-8-18-20(10-14)25-13-24-18/h5-8,10-11,16H,3-4,9,12-13,21H2,1-2H3. The molecule has 0 spiro atoms. The van der Waals surface area contributed by atoms with E-state index >= 15 is 0 Å². The quantitative estimate of drug-likeness (QED) is 0.795. The van der Waals surface area contributed by atoms with Crippen molar-refractivity contribution in [3.8, 4) is 23.0 Å². The normalized spacial score (nSPS) is 13.6. The molecule has 0 amide bonds. The molecular weight excluding hydrogens is 318 g/mol. The summed E-state index contributed by atoms with van der Waals surface area (Å²) in [6, 6.07) is 12.0. The summed E-state index contributed by atoms with van der Waals surface area (Å²) in [6.45, 7) is 6.01. The van der Waals surface area contributed by atoms with Gasteiger partial charge >= 0.3 is 0 Å². The number of benzene rings is 2. The zero-order valence-corrected chi connectivity index (χ0v) is 14.8. The lowest BCUT2D eigenvalue weighted by Crippen LogP contribution is -2.15. The molecule has 2 aromatic rings. The molecule has 0 fully saturated rings. The van der Waals surface area contributed by atoms with Crippen LogP contribution in [-0.2, 0) is 6.42 Å². The van der Waals surface area contributed by atoms with E-state index in [1.807, 2.05) is 38.1 Å². The summed E-state index contributed by atoms with van der Waals surface area (Å²) in [4.78, 5) is 0. The molecule has 2 N–H and O–H groups in total. The van der Waals surface area contributed by atoms with Gasteiger partial charge in [-0.3, -0.25) is 0 Å². The van der Waals surface area contributed by atoms with Crippen LogP contribution in [0.15, 0.2) is 36.4 Å². The average molecular weight is 343 g/mol. The molecule has 1 heterocycles. The second-order valence-electron chi connectivity index (χ2n) is 5.89. The van der Waals surface area contributed by atoms with Gasteiger partial charge in [-0.05, 0) is 56.1 Å². The topological polar surface area (TPSA) is 62.9 Å². The third kappa shape index (κ3) is 3.99. The minimum Gasteiger partial charge on any atom is -0.494 e. The van der Waals surface area contributed by atoms with Gasteiger partial charge in [0.15, 0.2) is 11.5 Å².